The fourth-order valence-electron chi connectivity index (χ4n) is 1.34. The molecule has 0 N–H and O–H groups in total. The minimum Gasteiger partial charge on any atom is -0.494 e. The van der Waals surface area contributed by atoms with Gasteiger partial charge < -0.3 is 4.74 Å². The van der Waals surface area contributed by atoms with Crippen LogP contribution in [0.4, 0.5) is 0 Å². The third kappa shape index (κ3) is 5.08. The van der Waals surface area contributed by atoms with Gasteiger partial charge in [0.1, 0.15) is 5.75 Å². The summed E-state index contributed by atoms with van der Waals surface area (Å²) in [5.41, 5.74) is 0. The van der Waals surface area contributed by atoms with Crippen molar-refractivity contribution >= 4 is 11.6 Å². The van der Waals surface area contributed by atoms with Crippen LogP contribution in [0, 0.1) is 5.92 Å². The van der Waals surface area contributed by atoms with Crippen molar-refractivity contribution in [3.8, 4) is 5.75 Å². The molecule has 0 bridgehead atoms. The van der Waals surface area contributed by atoms with Crippen molar-refractivity contribution in [1.82, 2.24) is 0 Å². The summed E-state index contributed by atoms with van der Waals surface area (Å²) in [5.74, 6) is 1.51. The van der Waals surface area contributed by atoms with Crippen molar-refractivity contribution in [1.29, 1.82) is 0 Å². The van der Waals surface area contributed by atoms with Gasteiger partial charge in [0.15, 0.2) is 0 Å². The smallest absolute Gasteiger partial charge is 0.119 e. The molecule has 0 amide bonds. The first-order chi connectivity index (χ1) is 7.20. The van der Waals surface area contributed by atoms with E-state index in [1.807, 2.05) is 37.3 Å². The van der Waals surface area contributed by atoms with Crippen LogP contribution < -0.4 is 4.74 Å². The number of benzene rings is 1. The first-order valence-corrected chi connectivity index (χ1v) is 5.95. The highest BCUT2D eigenvalue weighted by Gasteiger charge is 2.07. The largest absolute Gasteiger partial charge is 0.494 e. The predicted molar refractivity (Wildman–Crippen MR) is 65.7 cm³/mol. The SMILES string of the molecule is CC(Cl)C(C)CCCOc1ccccc1. The molecular weight excluding hydrogens is 208 g/mol. The van der Waals surface area contributed by atoms with Gasteiger partial charge in [0, 0.05) is 5.38 Å². The lowest BCUT2D eigenvalue weighted by atomic mass is 10.0. The highest BCUT2D eigenvalue weighted by molar-refractivity contribution is 6.20. The van der Waals surface area contributed by atoms with Crippen LogP contribution in [0.25, 0.3) is 0 Å². The minimum absolute atomic E-state index is 0.252. The molecule has 0 saturated heterocycles. The summed E-state index contributed by atoms with van der Waals surface area (Å²) in [5, 5.41) is 0.252. The van der Waals surface area contributed by atoms with Gasteiger partial charge in [0.2, 0.25) is 0 Å². The van der Waals surface area contributed by atoms with Gasteiger partial charge in [0.25, 0.3) is 0 Å². The summed E-state index contributed by atoms with van der Waals surface area (Å²) < 4.78 is 5.59. The van der Waals surface area contributed by atoms with Crippen LogP contribution in [0.2, 0.25) is 0 Å². The molecule has 1 aromatic carbocycles. The van der Waals surface area contributed by atoms with E-state index in [2.05, 4.69) is 6.92 Å². The molecule has 15 heavy (non-hydrogen) atoms. The fraction of sp³-hybridized carbons (Fsp3) is 0.538. The average Bonchev–Trinajstić information content (AvgIpc) is 2.25. The minimum atomic E-state index is 0.252. The summed E-state index contributed by atoms with van der Waals surface area (Å²) in [6, 6.07) is 9.92. The van der Waals surface area contributed by atoms with Gasteiger partial charge in [-0.3, -0.25) is 0 Å². The van der Waals surface area contributed by atoms with E-state index in [0.29, 0.717) is 5.92 Å². The van der Waals surface area contributed by atoms with Crippen molar-refractivity contribution in [2.24, 2.45) is 5.92 Å². The van der Waals surface area contributed by atoms with E-state index >= 15 is 0 Å². The number of para-hydroxylation sites is 1. The molecule has 0 aliphatic carbocycles. The molecule has 0 spiro atoms. The summed E-state index contributed by atoms with van der Waals surface area (Å²) in [6.07, 6.45) is 2.19. The predicted octanol–water partition coefficient (Wildman–Crippen LogP) is 4.11. The molecule has 0 fully saturated rings. The van der Waals surface area contributed by atoms with Crippen molar-refractivity contribution < 1.29 is 4.74 Å². The molecule has 2 unspecified atom stereocenters. The standard InChI is InChI=1S/C13H19ClO/c1-11(12(2)14)7-6-10-15-13-8-4-3-5-9-13/h3-5,8-9,11-12H,6-7,10H2,1-2H3. The van der Waals surface area contributed by atoms with E-state index in [4.69, 9.17) is 16.3 Å². The summed E-state index contributed by atoms with van der Waals surface area (Å²) in [7, 11) is 0. The molecule has 84 valence electrons. The zero-order valence-electron chi connectivity index (χ0n) is 9.45. The Morgan fingerprint density at radius 1 is 1.20 bits per heavy atom. The first kappa shape index (κ1) is 12.4. The van der Waals surface area contributed by atoms with Crippen molar-refractivity contribution in [2.75, 3.05) is 6.61 Å². The van der Waals surface area contributed by atoms with E-state index in [1.165, 1.54) is 0 Å². The van der Waals surface area contributed by atoms with Gasteiger partial charge in [-0.25, -0.2) is 0 Å². The molecule has 1 rings (SSSR count). The third-order valence-corrected chi connectivity index (χ3v) is 3.03. The summed E-state index contributed by atoms with van der Waals surface area (Å²) in [4.78, 5) is 0. The molecule has 0 aliphatic rings. The number of ether oxygens (including phenoxy) is 1. The van der Waals surface area contributed by atoms with Crippen LogP contribution in [0.15, 0.2) is 30.3 Å². The Morgan fingerprint density at radius 3 is 2.47 bits per heavy atom. The maximum atomic E-state index is 5.98. The molecular formula is C13H19ClO. The van der Waals surface area contributed by atoms with Crippen LogP contribution in [-0.2, 0) is 0 Å². The third-order valence-electron chi connectivity index (χ3n) is 2.60. The number of hydrogen-bond acceptors (Lipinski definition) is 1. The Kier molecular flexibility index (Phi) is 5.56. The number of alkyl halides is 1. The Labute approximate surface area is 97.4 Å². The maximum absolute atomic E-state index is 5.98. The average molecular weight is 227 g/mol. The monoisotopic (exact) mass is 226 g/mol. The molecule has 2 heteroatoms. The molecule has 0 aliphatic heterocycles. The topological polar surface area (TPSA) is 9.23 Å². The van der Waals surface area contributed by atoms with E-state index < -0.39 is 0 Å². The van der Waals surface area contributed by atoms with Gasteiger partial charge >= 0.3 is 0 Å². The lowest BCUT2D eigenvalue weighted by molar-refractivity contribution is 0.294. The molecule has 0 heterocycles. The lowest BCUT2D eigenvalue weighted by Crippen LogP contribution is -2.08. The summed E-state index contributed by atoms with van der Waals surface area (Å²) in [6.45, 7) is 5.00. The van der Waals surface area contributed by atoms with Gasteiger partial charge in [-0.1, -0.05) is 25.1 Å². The molecule has 1 nitrogen and oxygen atoms in total. The second-order valence-electron chi connectivity index (χ2n) is 3.96. The molecule has 0 aromatic heterocycles. The Hall–Kier alpha value is -0.690. The normalized spacial score (nSPS) is 14.6. The number of hydrogen-bond donors (Lipinski definition) is 0. The maximum Gasteiger partial charge on any atom is 0.119 e. The zero-order chi connectivity index (χ0) is 11.1. The van der Waals surface area contributed by atoms with Crippen LogP contribution in [-0.4, -0.2) is 12.0 Å². The van der Waals surface area contributed by atoms with Gasteiger partial charge in [-0.2, -0.15) is 0 Å². The van der Waals surface area contributed by atoms with Crippen molar-refractivity contribution in [2.45, 2.75) is 32.1 Å². The fourth-order valence-corrected chi connectivity index (χ4v) is 1.47. The summed E-state index contributed by atoms with van der Waals surface area (Å²) >= 11 is 5.98. The quantitative estimate of drug-likeness (QED) is 0.524. The van der Waals surface area contributed by atoms with Crippen LogP contribution in [0.1, 0.15) is 26.7 Å². The highest BCUT2D eigenvalue weighted by Crippen LogP contribution is 2.16. The van der Waals surface area contributed by atoms with Gasteiger partial charge in [0.05, 0.1) is 6.61 Å². The van der Waals surface area contributed by atoms with Crippen LogP contribution in [0.5, 0.6) is 5.75 Å². The van der Waals surface area contributed by atoms with E-state index in [0.717, 1.165) is 25.2 Å². The highest BCUT2D eigenvalue weighted by atomic mass is 35.5. The second kappa shape index (κ2) is 6.73. The van der Waals surface area contributed by atoms with E-state index in [-0.39, 0.29) is 5.38 Å². The van der Waals surface area contributed by atoms with Crippen molar-refractivity contribution in [3.63, 3.8) is 0 Å². The lowest BCUT2D eigenvalue weighted by Gasteiger charge is -2.13. The number of halogens is 1. The first-order valence-electron chi connectivity index (χ1n) is 5.52. The number of rotatable bonds is 6. The van der Waals surface area contributed by atoms with Gasteiger partial charge in [-0.15, -0.1) is 11.6 Å². The zero-order valence-corrected chi connectivity index (χ0v) is 10.2. The molecule has 0 radical (unpaired) electrons. The van der Waals surface area contributed by atoms with Gasteiger partial charge in [-0.05, 0) is 37.8 Å². The Balaban J connectivity index is 2.12. The molecule has 0 saturated carbocycles. The van der Waals surface area contributed by atoms with E-state index in [9.17, 15) is 0 Å². The van der Waals surface area contributed by atoms with E-state index in [1.54, 1.807) is 0 Å². The second-order valence-corrected chi connectivity index (χ2v) is 4.65. The van der Waals surface area contributed by atoms with Crippen LogP contribution in [0.3, 0.4) is 0 Å². The van der Waals surface area contributed by atoms with Crippen LogP contribution >= 0.6 is 11.6 Å². The molecule has 1 aromatic rings. The Morgan fingerprint density at radius 2 is 1.87 bits per heavy atom. The Bertz CT molecular complexity index is 258. The molecule has 2 atom stereocenters. The van der Waals surface area contributed by atoms with Crippen molar-refractivity contribution in [3.05, 3.63) is 30.3 Å².